The van der Waals surface area contributed by atoms with Crippen LogP contribution < -0.4 is 15.4 Å². The smallest absolute Gasteiger partial charge is 0.303 e. The maximum atomic E-state index is 12.5. The lowest BCUT2D eigenvalue weighted by atomic mass is 10.1. The van der Waals surface area contributed by atoms with Gasteiger partial charge >= 0.3 is 5.97 Å². The fourth-order valence-electron chi connectivity index (χ4n) is 2.56. The average molecular weight is 372 g/mol. The van der Waals surface area contributed by atoms with Gasteiger partial charge in [0.25, 0.3) is 11.8 Å². The summed E-state index contributed by atoms with van der Waals surface area (Å²) in [4.78, 5) is 35.0. The first-order valence-electron chi connectivity index (χ1n) is 8.81. The predicted molar refractivity (Wildman–Crippen MR) is 102 cm³/mol. The summed E-state index contributed by atoms with van der Waals surface area (Å²) >= 11 is 0. The second kappa shape index (κ2) is 9.56. The minimum Gasteiger partial charge on any atom is -0.483 e. The summed E-state index contributed by atoms with van der Waals surface area (Å²) in [6.07, 6.45) is 0.318. The zero-order chi connectivity index (χ0) is 19.8. The molecule has 0 aliphatic rings. The second-order valence-electron chi connectivity index (χ2n) is 6.46. The van der Waals surface area contributed by atoms with Crippen molar-refractivity contribution in [2.75, 3.05) is 13.2 Å². The van der Waals surface area contributed by atoms with Crippen LogP contribution in [0.25, 0.3) is 10.8 Å². The van der Waals surface area contributed by atoms with E-state index in [1.165, 1.54) is 0 Å². The van der Waals surface area contributed by atoms with Gasteiger partial charge in [0.1, 0.15) is 5.75 Å². The van der Waals surface area contributed by atoms with Crippen LogP contribution in [-0.4, -0.2) is 42.1 Å². The third-order valence-electron chi connectivity index (χ3n) is 3.75. The fraction of sp³-hybridized carbons (Fsp3) is 0.350. The van der Waals surface area contributed by atoms with Crippen LogP contribution in [0.4, 0.5) is 0 Å². The molecular formula is C20H24N2O5. The van der Waals surface area contributed by atoms with Gasteiger partial charge in [0, 0.05) is 19.0 Å². The summed E-state index contributed by atoms with van der Waals surface area (Å²) in [5.74, 6) is -1.24. The molecule has 144 valence electrons. The van der Waals surface area contributed by atoms with E-state index in [0.717, 1.165) is 10.8 Å². The normalized spacial score (nSPS) is 10.6. The van der Waals surface area contributed by atoms with Crippen LogP contribution in [0, 0.1) is 0 Å². The molecule has 0 radical (unpaired) electrons. The Bertz CT molecular complexity index is 832. The summed E-state index contributed by atoms with van der Waals surface area (Å²) in [5.41, 5.74) is 0.307. The van der Waals surface area contributed by atoms with Crippen molar-refractivity contribution < 1.29 is 24.2 Å². The fourth-order valence-corrected chi connectivity index (χ4v) is 2.56. The molecule has 7 nitrogen and oxygen atoms in total. The molecule has 3 N–H and O–H groups in total. The average Bonchev–Trinajstić information content (AvgIpc) is 2.61. The van der Waals surface area contributed by atoms with Crippen LogP contribution in [0.1, 0.15) is 37.0 Å². The minimum atomic E-state index is -0.907. The van der Waals surface area contributed by atoms with Crippen molar-refractivity contribution in [3.8, 4) is 5.75 Å². The molecule has 2 rings (SSSR count). The van der Waals surface area contributed by atoms with E-state index in [1.807, 2.05) is 38.1 Å². The Labute approximate surface area is 157 Å². The van der Waals surface area contributed by atoms with Crippen molar-refractivity contribution in [3.05, 3.63) is 42.0 Å². The first-order valence-corrected chi connectivity index (χ1v) is 8.81. The van der Waals surface area contributed by atoms with E-state index in [4.69, 9.17) is 9.84 Å². The molecule has 27 heavy (non-hydrogen) atoms. The van der Waals surface area contributed by atoms with E-state index in [1.54, 1.807) is 12.1 Å². The van der Waals surface area contributed by atoms with Gasteiger partial charge in [-0.25, -0.2) is 0 Å². The summed E-state index contributed by atoms with van der Waals surface area (Å²) in [6, 6.07) is 10.9. The number of carbonyl (C=O) groups excluding carboxylic acids is 2. The van der Waals surface area contributed by atoms with Crippen LogP contribution in [-0.2, 0) is 9.59 Å². The van der Waals surface area contributed by atoms with Gasteiger partial charge in [0.15, 0.2) is 6.61 Å². The number of carboxylic acids is 1. The Kier molecular flexibility index (Phi) is 7.16. The number of ether oxygens (including phenoxy) is 1. The highest BCUT2D eigenvalue weighted by Gasteiger charge is 2.15. The molecule has 2 amide bonds. The molecule has 7 heteroatoms. The highest BCUT2D eigenvalue weighted by Crippen LogP contribution is 2.26. The van der Waals surface area contributed by atoms with Crippen molar-refractivity contribution in [2.45, 2.75) is 32.7 Å². The third kappa shape index (κ3) is 6.29. The van der Waals surface area contributed by atoms with E-state index in [-0.39, 0.29) is 37.4 Å². The number of fused-ring (bicyclic) bond motifs is 1. The Balaban J connectivity index is 2.17. The van der Waals surface area contributed by atoms with E-state index in [0.29, 0.717) is 17.7 Å². The van der Waals surface area contributed by atoms with Gasteiger partial charge in [0.05, 0.1) is 5.56 Å². The molecule has 0 bridgehead atoms. The summed E-state index contributed by atoms with van der Waals surface area (Å²) in [6.45, 7) is 3.74. The van der Waals surface area contributed by atoms with E-state index in [9.17, 15) is 14.4 Å². The van der Waals surface area contributed by atoms with Gasteiger partial charge < -0.3 is 20.5 Å². The van der Waals surface area contributed by atoms with Crippen molar-refractivity contribution in [3.63, 3.8) is 0 Å². The lowest BCUT2D eigenvalue weighted by Gasteiger charge is -2.14. The Hall–Kier alpha value is -3.09. The number of hydrogen-bond acceptors (Lipinski definition) is 4. The van der Waals surface area contributed by atoms with Crippen molar-refractivity contribution in [1.29, 1.82) is 0 Å². The monoisotopic (exact) mass is 372 g/mol. The summed E-state index contributed by atoms with van der Waals surface area (Å²) in [7, 11) is 0. The largest absolute Gasteiger partial charge is 0.483 e. The number of benzene rings is 2. The number of amides is 2. The molecule has 0 aliphatic carbocycles. The van der Waals surface area contributed by atoms with Gasteiger partial charge in [-0.05, 0) is 43.2 Å². The van der Waals surface area contributed by atoms with Gasteiger partial charge in [-0.15, -0.1) is 0 Å². The molecular weight excluding hydrogens is 348 g/mol. The van der Waals surface area contributed by atoms with Crippen molar-refractivity contribution in [1.82, 2.24) is 10.6 Å². The second-order valence-corrected chi connectivity index (χ2v) is 6.46. The van der Waals surface area contributed by atoms with Gasteiger partial charge in [-0.1, -0.05) is 24.3 Å². The van der Waals surface area contributed by atoms with Gasteiger partial charge in [0.2, 0.25) is 0 Å². The Morgan fingerprint density at radius 1 is 1.11 bits per heavy atom. The van der Waals surface area contributed by atoms with Crippen molar-refractivity contribution >= 4 is 28.6 Å². The predicted octanol–water partition coefficient (Wildman–Crippen LogP) is 2.34. The number of carboxylic acid groups (broad SMARTS) is 1. The summed E-state index contributed by atoms with van der Waals surface area (Å²) in [5, 5.41) is 15.9. The minimum absolute atomic E-state index is 0.00490. The molecule has 2 aromatic carbocycles. The molecule has 0 aromatic heterocycles. The summed E-state index contributed by atoms with van der Waals surface area (Å²) < 4.78 is 5.61. The highest BCUT2D eigenvalue weighted by molar-refractivity contribution is 6.01. The zero-order valence-corrected chi connectivity index (χ0v) is 15.5. The van der Waals surface area contributed by atoms with Crippen molar-refractivity contribution in [2.24, 2.45) is 0 Å². The molecule has 0 heterocycles. The Morgan fingerprint density at radius 3 is 2.41 bits per heavy atom. The van der Waals surface area contributed by atoms with E-state index >= 15 is 0 Å². The first-order chi connectivity index (χ1) is 12.9. The quantitative estimate of drug-likeness (QED) is 0.586. The number of hydrogen-bond donors (Lipinski definition) is 3. The molecule has 0 spiro atoms. The molecule has 0 fully saturated rings. The SMILES string of the molecule is CC(C)NC(=O)COc1cc2ccccc2cc1C(=O)NCCCC(=O)O. The van der Waals surface area contributed by atoms with E-state index in [2.05, 4.69) is 10.6 Å². The molecule has 0 atom stereocenters. The Morgan fingerprint density at radius 2 is 1.78 bits per heavy atom. The maximum Gasteiger partial charge on any atom is 0.303 e. The lowest BCUT2D eigenvalue weighted by Crippen LogP contribution is -2.34. The molecule has 0 saturated heterocycles. The zero-order valence-electron chi connectivity index (χ0n) is 15.5. The molecule has 0 unspecified atom stereocenters. The van der Waals surface area contributed by atoms with Gasteiger partial charge in [-0.3, -0.25) is 14.4 Å². The lowest BCUT2D eigenvalue weighted by molar-refractivity contribution is -0.137. The number of aliphatic carboxylic acids is 1. The van der Waals surface area contributed by atoms with Crippen LogP contribution in [0.15, 0.2) is 36.4 Å². The highest BCUT2D eigenvalue weighted by atomic mass is 16.5. The maximum absolute atomic E-state index is 12.5. The van der Waals surface area contributed by atoms with Crippen LogP contribution >= 0.6 is 0 Å². The van der Waals surface area contributed by atoms with Crippen LogP contribution in [0.2, 0.25) is 0 Å². The topological polar surface area (TPSA) is 105 Å². The standard InChI is InChI=1S/C20H24N2O5/c1-13(2)22-18(23)12-27-17-11-15-7-4-3-6-14(15)10-16(17)20(26)21-9-5-8-19(24)25/h3-4,6-7,10-11,13H,5,8-9,12H2,1-2H3,(H,21,26)(H,22,23)(H,24,25). The first kappa shape index (κ1) is 20.2. The van der Waals surface area contributed by atoms with E-state index < -0.39 is 5.97 Å². The number of carbonyl (C=O) groups is 3. The number of nitrogens with one attached hydrogen (secondary N) is 2. The molecule has 0 saturated carbocycles. The van der Waals surface area contributed by atoms with Gasteiger partial charge in [-0.2, -0.15) is 0 Å². The number of rotatable bonds is 9. The molecule has 0 aliphatic heterocycles. The van der Waals surface area contributed by atoms with Crippen LogP contribution in [0.3, 0.4) is 0 Å². The van der Waals surface area contributed by atoms with Crippen LogP contribution in [0.5, 0.6) is 5.75 Å². The molecule has 2 aromatic rings. The third-order valence-corrected chi connectivity index (χ3v) is 3.75.